The van der Waals surface area contributed by atoms with E-state index in [1.54, 1.807) is 12.4 Å². The Morgan fingerprint density at radius 2 is 1.78 bits per heavy atom. The van der Waals surface area contributed by atoms with Crippen LogP contribution in [-0.4, -0.2) is 27.2 Å². The third kappa shape index (κ3) is 3.19. The van der Waals surface area contributed by atoms with Gasteiger partial charge in [-0.2, -0.15) is 0 Å². The molecule has 0 spiro atoms. The molecule has 1 aromatic heterocycles. The standard InChI is InChI=1S/C14H23N3O/c1-11-12(16-9-8-15-11)17-10-14(18)6-4-13(2,3)5-7-14/h8-9,18H,4-7,10H2,1-3H3,(H,16,17). The number of aliphatic hydroxyl groups is 1. The molecule has 0 saturated heterocycles. The Bertz CT molecular complexity index is 407. The van der Waals surface area contributed by atoms with Crippen LogP contribution in [0.5, 0.6) is 0 Å². The van der Waals surface area contributed by atoms with Gasteiger partial charge >= 0.3 is 0 Å². The van der Waals surface area contributed by atoms with Gasteiger partial charge in [-0.05, 0) is 38.0 Å². The number of anilines is 1. The predicted molar refractivity (Wildman–Crippen MR) is 72.5 cm³/mol. The maximum Gasteiger partial charge on any atom is 0.147 e. The Balaban J connectivity index is 1.93. The molecule has 1 aliphatic rings. The summed E-state index contributed by atoms with van der Waals surface area (Å²) in [7, 11) is 0. The minimum atomic E-state index is -0.598. The van der Waals surface area contributed by atoms with Crippen LogP contribution >= 0.6 is 0 Å². The summed E-state index contributed by atoms with van der Waals surface area (Å²) >= 11 is 0. The summed E-state index contributed by atoms with van der Waals surface area (Å²) in [6, 6.07) is 0. The van der Waals surface area contributed by atoms with E-state index < -0.39 is 5.60 Å². The van der Waals surface area contributed by atoms with Crippen molar-refractivity contribution in [3.8, 4) is 0 Å². The average molecular weight is 249 g/mol. The monoisotopic (exact) mass is 249 g/mol. The molecule has 0 atom stereocenters. The van der Waals surface area contributed by atoms with Gasteiger partial charge in [-0.25, -0.2) is 4.98 Å². The van der Waals surface area contributed by atoms with Crippen molar-refractivity contribution in [3.05, 3.63) is 18.1 Å². The van der Waals surface area contributed by atoms with E-state index in [4.69, 9.17) is 0 Å². The van der Waals surface area contributed by atoms with E-state index in [0.717, 1.165) is 37.2 Å². The minimum Gasteiger partial charge on any atom is -0.388 e. The summed E-state index contributed by atoms with van der Waals surface area (Å²) in [6.45, 7) is 7.02. The van der Waals surface area contributed by atoms with Crippen LogP contribution in [-0.2, 0) is 0 Å². The van der Waals surface area contributed by atoms with E-state index in [1.807, 2.05) is 6.92 Å². The average Bonchev–Trinajstić information content (AvgIpc) is 2.33. The lowest BCUT2D eigenvalue weighted by Gasteiger charge is -2.40. The van der Waals surface area contributed by atoms with Crippen LogP contribution in [0.2, 0.25) is 0 Å². The van der Waals surface area contributed by atoms with Gasteiger partial charge in [-0.3, -0.25) is 4.98 Å². The van der Waals surface area contributed by atoms with Crippen LogP contribution in [0, 0.1) is 12.3 Å². The van der Waals surface area contributed by atoms with E-state index in [-0.39, 0.29) is 0 Å². The molecule has 0 aliphatic heterocycles. The van der Waals surface area contributed by atoms with Crippen molar-refractivity contribution in [3.63, 3.8) is 0 Å². The van der Waals surface area contributed by atoms with Crippen LogP contribution in [0.1, 0.15) is 45.2 Å². The van der Waals surface area contributed by atoms with Crippen LogP contribution in [0.4, 0.5) is 5.82 Å². The smallest absolute Gasteiger partial charge is 0.147 e. The van der Waals surface area contributed by atoms with Crippen LogP contribution < -0.4 is 5.32 Å². The van der Waals surface area contributed by atoms with Gasteiger partial charge in [0.05, 0.1) is 11.3 Å². The van der Waals surface area contributed by atoms with Gasteiger partial charge < -0.3 is 10.4 Å². The Hall–Kier alpha value is -1.16. The highest BCUT2D eigenvalue weighted by molar-refractivity contribution is 5.38. The first-order valence-electron chi connectivity index (χ1n) is 6.64. The van der Waals surface area contributed by atoms with Crippen molar-refractivity contribution >= 4 is 5.82 Å². The van der Waals surface area contributed by atoms with Crippen molar-refractivity contribution in [1.29, 1.82) is 0 Å². The molecule has 4 heteroatoms. The zero-order valence-corrected chi connectivity index (χ0v) is 11.5. The fourth-order valence-electron chi connectivity index (χ4n) is 2.40. The molecule has 0 unspecified atom stereocenters. The van der Waals surface area contributed by atoms with E-state index in [9.17, 15) is 5.11 Å². The molecule has 1 fully saturated rings. The van der Waals surface area contributed by atoms with Gasteiger partial charge in [-0.15, -0.1) is 0 Å². The van der Waals surface area contributed by atoms with E-state index in [0.29, 0.717) is 12.0 Å². The molecule has 0 radical (unpaired) electrons. The van der Waals surface area contributed by atoms with Crippen molar-refractivity contribution in [2.75, 3.05) is 11.9 Å². The maximum atomic E-state index is 10.5. The molecular formula is C14H23N3O. The number of nitrogens with zero attached hydrogens (tertiary/aromatic N) is 2. The second-order valence-electron chi connectivity index (χ2n) is 6.23. The quantitative estimate of drug-likeness (QED) is 0.864. The Labute approximate surface area is 109 Å². The topological polar surface area (TPSA) is 58.0 Å². The lowest BCUT2D eigenvalue weighted by Crippen LogP contribution is -2.42. The lowest BCUT2D eigenvalue weighted by atomic mass is 9.71. The first-order valence-corrected chi connectivity index (χ1v) is 6.64. The number of rotatable bonds is 3. The van der Waals surface area contributed by atoms with Gasteiger partial charge in [0.25, 0.3) is 0 Å². The highest BCUT2D eigenvalue weighted by Crippen LogP contribution is 2.40. The zero-order valence-electron chi connectivity index (χ0n) is 11.5. The van der Waals surface area contributed by atoms with Crippen LogP contribution in [0.15, 0.2) is 12.4 Å². The fourth-order valence-corrected chi connectivity index (χ4v) is 2.40. The van der Waals surface area contributed by atoms with Gasteiger partial charge in [-0.1, -0.05) is 13.8 Å². The van der Waals surface area contributed by atoms with E-state index in [1.165, 1.54) is 0 Å². The molecule has 2 N–H and O–H groups in total. The number of aryl methyl sites for hydroxylation is 1. The second kappa shape index (κ2) is 4.84. The van der Waals surface area contributed by atoms with Crippen LogP contribution in [0.3, 0.4) is 0 Å². The Morgan fingerprint density at radius 1 is 1.17 bits per heavy atom. The third-order valence-corrected chi connectivity index (χ3v) is 4.00. The van der Waals surface area contributed by atoms with Crippen molar-refractivity contribution in [2.45, 2.75) is 52.1 Å². The maximum absolute atomic E-state index is 10.5. The lowest BCUT2D eigenvalue weighted by molar-refractivity contribution is -0.0146. The molecule has 4 nitrogen and oxygen atoms in total. The summed E-state index contributed by atoms with van der Waals surface area (Å²) in [5.41, 5.74) is 0.644. The number of hydrogen-bond donors (Lipinski definition) is 2. The molecule has 0 aromatic carbocycles. The van der Waals surface area contributed by atoms with Crippen molar-refractivity contribution in [2.24, 2.45) is 5.41 Å². The number of nitrogens with one attached hydrogen (secondary N) is 1. The van der Waals surface area contributed by atoms with Gasteiger partial charge in [0, 0.05) is 18.9 Å². The summed E-state index contributed by atoms with van der Waals surface area (Å²) in [4.78, 5) is 8.42. The normalized spacial score (nSPS) is 21.6. The van der Waals surface area contributed by atoms with Crippen molar-refractivity contribution in [1.82, 2.24) is 9.97 Å². The summed E-state index contributed by atoms with van der Waals surface area (Å²) in [5, 5.41) is 13.8. The Morgan fingerprint density at radius 3 is 2.39 bits per heavy atom. The molecule has 0 bridgehead atoms. The molecular weight excluding hydrogens is 226 g/mol. The highest BCUT2D eigenvalue weighted by Gasteiger charge is 2.36. The van der Waals surface area contributed by atoms with Gasteiger partial charge in [0.15, 0.2) is 0 Å². The molecule has 1 saturated carbocycles. The fraction of sp³-hybridized carbons (Fsp3) is 0.714. The van der Waals surface area contributed by atoms with Gasteiger partial charge in [0.2, 0.25) is 0 Å². The summed E-state index contributed by atoms with van der Waals surface area (Å²) in [6.07, 6.45) is 7.20. The number of hydrogen-bond acceptors (Lipinski definition) is 4. The summed E-state index contributed by atoms with van der Waals surface area (Å²) < 4.78 is 0. The predicted octanol–water partition coefficient (Wildman–Crippen LogP) is 2.53. The van der Waals surface area contributed by atoms with E-state index >= 15 is 0 Å². The zero-order chi connectivity index (χ0) is 13.2. The Kier molecular flexibility index (Phi) is 3.57. The first kappa shape index (κ1) is 13.3. The van der Waals surface area contributed by atoms with E-state index in [2.05, 4.69) is 29.1 Å². The first-order chi connectivity index (χ1) is 8.40. The minimum absolute atomic E-state index is 0.370. The highest BCUT2D eigenvalue weighted by atomic mass is 16.3. The molecule has 18 heavy (non-hydrogen) atoms. The second-order valence-corrected chi connectivity index (χ2v) is 6.23. The number of aromatic nitrogens is 2. The van der Waals surface area contributed by atoms with Crippen molar-refractivity contribution < 1.29 is 5.11 Å². The molecule has 100 valence electrons. The molecule has 1 aliphatic carbocycles. The van der Waals surface area contributed by atoms with Gasteiger partial charge in [0.1, 0.15) is 5.82 Å². The van der Waals surface area contributed by atoms with Crippen LogP contribution in [0.25, 0.3) is 0 Å². The molecule has 2 rings (SSSR count). The molecule has 1 aromatic rings. The SMILES string of the molecule is Cc1nccnc1NCC1(O)CCC(C)(C)CC1. The summed E-state index contributed by atoms with van der Waals surface area (Å²) in [5.74, 6) is 0.774. The third-order valence-electron chi connectivity index (χ3n) is 4.00. The largest absolute Gasteiger partial charge is 0.388 e. The molecule has 1 heterocycles. The molecule has 0 amide bonds.